The van der Waals surface area contributed by atoms with E-state index in [4.69, 9.17) is 11.6 Å². The topological polar surface area (TPSA) is 52.7 Å². The maximum atomic E-state index is 12.7. The van der Waals surface area contributed by atoms with Crippen molar-refractivity contribution in [1.82, 2.24) is 10.2 Å². The Morgan fingerprint density at radius 1 is 1.29 bits per heavy atom. The van der Waals surface area contributed by atoms with Gasteiger partial charge < -0.3 is 15.1 Å². The molecule has 1 aromatic rings. The molecular formula is C17H23Cl2N3O2. The Morgan fingerprint density at radius 2 is 2.04 bits per heavy atom. The van der Waals surface area contributed by atoms with Crippen LogP contribution in [0.15, 0.2) is 24.3 Å². The number of hydrogen-bond acceptors (Lipinski definition) is 3. The van der Waals surface area contributed by atoms with E-state index >= 15 is 0 Å². The molecule has 2 heterocycles. The van der Waals surface area contributed by atoms with Gasteiger partial charge in [0, 0.05) is 13.6 Å². The van der Waals surface area contributed by atoms with E-state index < -0.39 is 6.04 Å². The van der Waals surface area contributed by atoms with Gasteiger partial charge in [-0.3, -0.25) is 9.59 Å². The molecule has 24 heavy (non-hydrogen) atoms. The first-order valence-electron chi connectivity index (χ1n) is 8.15. The summed E-state index contributed by atoms with van der Waals surface area (Å²) in [6.45, 7) is 1.46. The van der Waals surface area contributed by atoms with E-state index in [1.165, 1.54) is 0 Å². The number of rotatable bonds is 3. The Morgan fingerprint density at radius 3 is 2.71 bits per heavy atom. The summed E-state index contributed by atoms with van der Waals surface area (Å²) >= 11 is 6.20. The van der Waals surface area contributed by atoms with E-state index in [9.17, 15) is 9.59 Å². The average molecular weight is 372 g/mol. The van der Waals surface area contributed by atoms with Crippen molar-refractivity contribution in [3.63, 3.8) is 0 Å². The van der Waals surface area contributed by atoms with Gasteiger partial charge in [-0.2, -0.15) is 0 Å². The fourth-order valence-corrected chi connectivity index (χ4v) is 3.63. The number of nitrogens with one attached hydrogen (secondary N) is 1. The number of carbonyl (C=O) groups is 2. The van der Waals surface area contributed by atoms with E-state index in [1.807, 2.05) is 18.2 Å². The zero-order valence-corrected chi connectivity index (χ0v) is 15.3. The van der Waals surface area contributed by atoms with Crippen LogP contribution in [0.1, 0.15) is 25.7 Å². The second-order valence-electron chi connectivity index (χ2n) is 6.20. The highest BCUT2D eigenvalue weighted by molar-refractivity contribution is 6.34. The van der Waals surface area contributed by atoms with Gasteiger partial charge in [-0.1, -0.05) is 30.2 Å². The largest absolute Gasteiger partial charge is 0.332 e. The molecule has 2 amide bonds. The molecule has 2 saturated heterocycles. The number of halogens is 2. The van der Waals surface area contributed by atoms with Crippen LogP contribution in [-0.2, 0) is 9.59 Å². The number of carbonyl (C=O) groups excluding carboxylic acids is 2. The number of nitrogens with zero attached hydrogens (tertiary/aromatic N) is 2. The number of para-hydroxylation sites is 1. The molecule has 0 bridgehead atoms. The number of likely N-dealkylation sites (N-methyl/N-ethyl adjacent to an activating group) is 1. The molecule has 1 aromatic carbocycles. The Kier molecular flexibility index (Phi) is 6.49. The number of benzene rings is 1. The molecule has 5 nitrogen and oxygen atoms in total. The molecule has 1 N–H and O–H groups in total. The second kappa shape index (κ2) is 8.19. The van der Waals surface area contributed by atoms with Gasteiger partial charge in [0.15, 0.2) is 0 Å². The summed E-state index contributed by atoms with van der Waals surface area (Å²) in [5.41, 5.74) is 0.721. The van der Waals surface area contributed by atoms with E-state index in [0.717, 1.165) is 31.5 Å². The van der Waals surface area contributed by atoms with Crippen molar-refractivity contribution < 1.29 is 9.59 Å². The van der Waals surface area contributed by atoms with E-state index in [1.54, 1.807) is 22.9 Å². The predicted molar refractivity (Wildman–Crippen MR) is 97.9 cm³/mol. The van der Waals surface area contributed by atoms with Crippen LogP contribution in [0.4, 0.5) is 5.69 Å². The third-order valence-corrected chi connectivity index (χ3v) is 5.06. The number of piperidine rings is 1. The third kappa shape index (κ3) is 3.68. The van der Waals surface area contributed by atoms with Crippen LogP contribution in [0.2, 0.25) is 5.02 Å². The molecule has 0 aromatic heterocycles. The van der Waals surface area contributed by atoms with E-state index in [2.05, 4.69) is 5.32 Å². The van der Waals surface area contributed by atoms with Crippen LogP contribution in [0.3, 0.4) is 0 Å². The molecule has 7 heteroatoms. The summed E-state index contributed by atoms with van der Waals surface area (Å²) in [7, 11) is 1.73. The van der Waals surface area contributed by atoms with Gasteiger partial charge in [-0.25, -0.2) is 0 Å². The van der Waals surface area contributed by atoms with Crippen LogP contribution < -0.4 is 10.2 Å². The monoisotopic (exact) mass is 371 g/mol. The van der Waals surface area contributed by atoms with Crippen molar-refractivity contribution >= 4 is 41.5 Å². The van der Waals surface area contributed by atoms with Crippen LogP contribution in [0.5, 0.6) is 0 Å². The number of anilines is 1. The van der Waals surface area contributed by atoms with Crippen molar-refractivity contribution in [1.29, 1.82) is 0 Å². The molecule has 2 fully saturated rings. The Labute approximate surface area is 153 Å². The molecule has 0 radical (unpaired) electrons. The minimum atomic E-state index is -0.400. The van der Waals surface area contributed by atoms with Crippen LogP contribution in [0, 0.1) is 0 Å². The lowest BCUT2D eigenvalue weighted by Gasteiger charge is -2.30. The lowest BCUT2D eigenvalue weighted by molar-refractivity contribution is -0.138. The minimum absolute atomic E-state index is 0. The molecule has 0 aliphatic carbocycles. The number of amides is 2. The highest BCUT2D eigenvalue weighted by atomic mass is 35.5. The fourth-order valence-electron chi connectivity index (χ4n) is 3.40. The van der Waals surface area contributed by atoms with Gasteiger partial charge in [0.1, 0.15) is 6.04 Å². The summed E-state index contributed by atoms with van der Waals surface area (Å²) in [5, 5.41) is 3.81. The summed E-state index contributed by atoms with van der Waals surface area (Å²) < 4.78 is 0. The molecule has 3 rings (SSSR count). The summed E-state index contributed by atoms with van der Waals surface area (Å²) in [5.74, 6) is -0.0335. The second-order valence-corrected chi connectivity index (χ2v) is 6.60. The van der Waals surface area contributed by atoms with E-state index in [0.29, 0.717) is 18.0 Å². The SMILES string of the molecule is CN(C(=O)C1CCCCN1)C1CCN(c2ccccc2Cl)C1=O.Cl. The van der Waals surface area contributed by atoms with Gasteiger partial charge in [0.2, 0.25) is 11.8 Å². The highest BCUT2D eigenvalue weighted by Gasteiger charge is 2.39. The van der Waals surface area contributed by atoms with Crippen molar-refractivity contribution in [2.45, 2.75) is 37.8 Å². The molecule has 2 atom stereocenters. The first-order chi connectivity index (χ1) is 11.1. The minimum Gasteiger partial charge on any atom is -0.332 e. The van der Waals surface area contributed by atoms with Crippen LogP contribution >= 0.6 is 24.0 Å². The van der Waals surface area contributed by atoms with E-state index in [-0.39, 0.29) is 30.3 Å². The molecule has 0 spiro atoms. The Bertz CT molecular complexity index is 605. The first-order valence-corrected chi connectivity index (χ1v) is 8.53. The zero-order valence-electron chi connectivity index (χ0n) is 13.7. The molecule has 132 valence electrons. The summed E-state index contributed by atoms with van der Waals surface area (Å²) in [6, 6.07) is 6.76. The van der Waals surface area contributed by atoms with Gasteiger partial charge in [0.05, 0.1) is 16.8 Å². The fraction of sp³-hybridized carbons (Fsp3) is 0.529. The lowest BCUT2D eigenvalue weighted by Crippen LogP contribution is -2.52. The maximum absolute atomic E-state index is 12.7. The maximum Gasteiger partial charge on any atom is 0.249 e. The van der Waals surface area contributed by atoms with Gasteiger partial charge in [-0.15, -0.1) is 12.4 Å². The van der Waals surface area contributed by atoms with Crippen molar-refractivity contribution in [3.05, 3.63) is 29.3 Å². The number of hydrogen-bond donors (Lipinski definition) is 1. The molecule has 2 aliphatic heterocycles. The molecule has 0 saturated carbocycles. The van der Waals surface area contributed by atoms with Gasteiger partial charge in [-0.05, 0) is 37.9 Å². The summed E-state index contributed by atoms with van der Waals surface area (Å²) in [6.07, 6.45) is 3.65. The molecule has 2 unspecified atom stereocenters. The van der Waals surface area contributed by atoms with Gasteiger partial charge >= 0.3 is 0 Å². The first kappa shape index (κ1) is 19.0. The van der Waals surface area contributed by atoms with Crippen molar-refractivity contribution in [2.24, 2.45) is 0 Å². The van der Waals surface area contributed by atoms with Crippen molar-refractivity contribution in [3.8, 4) is 0 Å². The third-order valence-electron chi connectivity index (χ3n) is 4.74. The Balaban J connectivity index is 0.00000208. The predicted octanol–water partition coefficient (Wildman–Crippen LogP) is 2.47. The zero-order chi connectivity index (χ0) is 16.4. The molecular weight excluding hydrogens is 349 g/mol. The summed E-state index contributed by atoms with van der Waals surface area (Å²) in [4.78, 5) is 28.6. The lowest BCUT2D eigenvalue weighted by atomic mass is 10.0. The highest BCUT2D eigenvalue weighted by Crippen LogP contribution is 2.30. The Hall–Kier alpha value is -1.30. The smallest absolute Gasteiger partial charge is 0.249 e. The van der Waals surface area contributed by atoms with Gasteiger partial charge in [0.25, 0.3) is 0 Å². The van der Waals surface area contributed by atoms with Crippen LogP contribution in [0.25, 0.3) is 0 Å². The standard InChI is InChI=1S/C17H22ClN3O2.ClH/c1-20(16(22)13-7-4-5-10-19-13)15-9-11-21(17(15)23)14-8-3-2-6-12(14)18;/h2-3,6,8,13,15,19H,4-5,7,9-11H2,1H3;1H. The molecule has 2 aliphatic rings. The van der Waals surface area contributed by atoms with Crippen molar-refractivity contribution in [2.75, 3.05) is 25.0 Å². The normalized spacial score (nSPS) is 23.8. The quantitative estimate of drug-likeness (QED) is 0.887. The average Bonchev–Trinajstić information content (AvgIpc) is 2.96. The van der Waals surface area contributed by atoms with Crippen LogP contribution in [-0.4, -0.2) is 48.9 Å².